The molecule has 0 aliphatic carbocycles. The van der Waals surface area contributed by atoms with Crippen molar-refractivity contribution in [1.82, 2.24) is 10.7 Å². The Bertz CT molecular complexity index is 415. The lowest BCUT2D eigenvalue weighted by atomic mass is 10.1. The van der Waals surface area contributed by atoms with E-state index >= 15 is 0 Å². The lowest BCUT2D eigenvalue weighted by Gasteiger charge is -2.07. The molecule has 0 saturated carbocycles. The number of halogens is 1. The van der Waals surface area contributed by atoms with Crippen molar-refractivity contribution in [2.45, 2.75) is 26.7 Å². The van der Waals surface area contributed by atoms with Gasteiger partial charge in [0.05, 0.1) is 5.71 Å². The molecule has 1 aromatic rings. The Kier molecular flexibility index (Phi) is 6.90. The molecule has 3 nitrogen and oxygen atoms in total. The Morgan fingerprint density at radius 2 is 2.00 bits per heavy atom. The van der Waals surface area contributed by atoms with Gasteiger partial charge in [-0.05, 0) is 43.3 Å². The molecule has 0 aliphatic rings. The summed E-state index contributed by atoms with van der Waals surface area (Å²) < 4.78 is 1.06. The van der Waals surface area contributed by atoms with Crippen LogP contribution >= 0.6 is 28.1 Å². The van der Waals surface area contributed by atoms with Crippen molar-refractivity contribution in [3.8, 4) is 0 Å². The number of nitrogens with one attached hydrogen (secondary N) is 2. The fourth-order valence-corrected chi connectivity index (χ4v) is 1.72. The molecule has 0 fully saturated rings. The lowest BCUT2D eigenvalue weighted by Crippen LogP contribution is -2.33. The monoisotopic (exact) mass is 327 g/mol. The van der Waals surface area contributed by atoms with E-state index < -0.39 is 0 Å². The standard InChI is InChI=1S/C13H18BrN3S/c1-3-4-9-15-13(18)17-16-10(2)11-5-7-12(14)8-6-11/h5-8H,3-4,9H2,1-2H3,(H2,15,17,18). The van der Waals surface area contributed by atoms with Gasteiger partial charge < -0.3 is 5.32 Å². The van der Waals surface area contributed by atoms with E-state index in [0.29, 0.717) is 5.11 Å². The van der Waals surface area contributed by atoms with E-state index in [2.05, 4.69) is 38.7 Å². The topological polar surface area (TPSA) is 36.4 Å². The summed E-state index contributed by atoms with van der Waals surface area (Å²) in [4.78, 5) is 0. The van der Waals surface area contributed by atoms with Crippen LogP contribution in [0.2, 0.25) is 0 Å². The van der Waals surface area contributed by atoms with Gasteiger partial charge in [-0.25, -0.2) is 0 Å². The maximum atomic E-state index is 5.12. The zero-order chi connectivity index (χ0) is 13.4. The molecule has 18 heavy (non-hydrogen) atoms. The van der Waals surface area contributed by atoms with Crippen LogP contribution < -0.4 is 10.7 Å². The van der Waals surface area contributed by atoms with Crippen molar-refractivity contribution >= 4 is 39.0 Å². The Morgan fingerprint density at radius 1 is 1.33 bits per heavy atom. The Balaban J connectivity index is 2.46. The van der Waals surface area contributed by atoms with Crippen molar-refractivity contribution in [3.05, 3.63) is 34.3 Å². The summed E-state index contributed by atoms with van der Waals surface area (Å²) in [6.07, 6.45) is 2.26. The van der Waals surface area contributed by atoms with Crippen molar-refractivity contribution in [2.75, 3.05) is 6.54 Å². The predicted molar refractivity (Wildman–Crippen MR) is 85.0 cm³/mol. The number of benzene rings is 1. The molecule has 5 heteroatoms. The second-order valence-electron chi connectivity index (χ2n) is 3.93. The molecular weight excluding hydrogens is 310 g/mol. The van der Waals surface area contributed by atoms with E-state index in [-0.39, 0.29) is 0 Å². The Labute approximate surface area is 122 Å². The fraction of sp³-hybridized carbons (Fsp3) is 0.385. The number of hydrogen-bond acceptors (Lipinski definition) is 2. The number of nitrogens with zero attached hydrogens (tertiary/aromatic N) is 1. The van der Waals surface area contributed by atoms with Crippen LogP contribution in [-0.4, -0.2) is 17.4 Å². The summed E-state index contributed by atoms with van der Waals surface area (Å²) in [6.45, 7) is 4.98. The molecule has 0 bridgehead atoms. The maximum absolute atomic E-state index is 5.12. The number of rotatable bonds is 5. The zero-order valence-electron chi connectivity index (χ0n) is 10.7. The summed E-state index contributed by atoms with van der Waals surface area (Å²) in [5.41, 5.74) is 4.83. The summed E-state index contributed by atoms with van der Waals surface area (Å²) >= 11 is 8.53. The molecule has 0 atom stereocenters. The second-order valence-corrected chi connectivity index (χ2v) is 5.25. The minimum Gasteiger partial charge on any atom is -0.361 e. The smallest absolute Gasteiger partial charge is 0.186 e. The second kappa shape index (κ2) is 8.21. The molecule has 1 rings (SSSR count). The molecule has 2 N–H and O–H groups in total. The van der Waals surface area contributed by atoms with E-state index in [4.69, 9.17) is 12.2 Å². The molecule has 0 radical (unpaired) electrons. The third kappa shape index (κ3) is 5.60. The summed E-state index contributed by atoms with van der Waals surface area (Å²) in [6, 6.07) is 8.01. The molecule has 0 heterocycles. The average Bonchev–Trinajstić information content (AvgIpc) is 2.37. The minimum absolute atomic E-state index is 0.569. The largest absolute Gasteiger partial charge is 0.361 e. The number of hydrogen-bond donors (Lipinski definition) is 2. The van der Waals surface area contributed by atoms with E-state index in [1.54, 1.807) is 0 Å². The van der Waals surface area contributed by atoms with Gasteiger partial charge in [0.1, 0.15) is 0 Å². The van der Waals surface area contributed by atoms with E-state index in [9.17, 15) is 0 Å². The van der Waals surface area contributed by atoms with Crippen LogP contribution in [-0.2, 0) is 0 Å². The highest BCUT2D eigenvalue weighted by Crippen LogP contribution is 2.10. The van der Waals surface area contributed by atoms with Gasteiger partial charge in [0.2, 0.25) is 0 Å². The van der Waals surface area contributed by atoms with Crippen LogP contribution in [0.3, 0.4) is 0 Å². The number of thiocarbonyl (C=S) groups is 1. The molecule has 0 amide bonds. The van der Waals surface area contributed by atoms with Crippen molar-refractivity contribution in [1.29, 1.82) is 0 Å². The van der Waals surface area contributed by atoms with Gasteiger partial charge in [-0.2, -0.15) is 5.10 Å². The molecule has 98 valence electrons. The summed E-state index contributed by atoms with van der Waals surface area (Å²) in [5, 5.41) is 7.92. The van der Waals surface area contributed by atoms with Crippen molar-refractivity contribution < 1.29 is 0 Å². The van der Waals surface area contributed by atoms with Crippen molar-refractivity contribution in [3.63, 3.8) is 0 Å². The first-order valence-corrected chi connectivity index (χ1v) is 7.17. The Morgan fingerprint density at radius 3 is 2.61 bits per heavy atom. The number of hydrazone groups is 1. The SMILES string of the molecule is CCCCNC(=S)NN=C(C)c1ccc(Br)cc1. The van der Waals surface area contributed by atoms with E-state index in [1.807, 2.05) is 31.2 Å². The van der Waals surface area contributed by atoms with Gasteiger partial charge in [0, 0.05) is 11.0 Å². The molecular formula is C13H18BrN3S. The molecule has 1 aromatic carbocycles. The molecule has 0 aromatic heterocycles. The minimum atomic E-state index is 0.569. The average molecular weight is 328 g/mol. The lowest BCUT2D eigenvalue weighted by molar-refractivity contribution is 0.745. The first-order valence-electron chi connectivity index (χ1n) is 5.97. The van der Waals surface area contributed by atoms with Crippen LogP contribution in [0.1, 0.15) is 32.3 Å². The molecule has 0 aliphatic heterocycles. The van der Waals surface area contributed by atoms with Crippen LogP contribution in [0.5, 0.6) is 0 Å². The highest BCUT2D eigenvalue weighted by atomic mass is 79.9. The van der Waals surface area contributed by atoms with Gasteiger partial charge in [0.15, 0.2) is 5.11 Å². The van der Waals surface area contributed by atoms with Crippen LogP contribution in [0.15, 0.2) is 33.8 Å². The molecule has 0 saturated heterocycles. The normalized spacial score (nSPS) is 11.2. The number of unbranched alkanes of at least 4 members (excludes halogenated alkanes) is 1. The summed E-state index contributed by atoms with van der Waals surface area (Å²) in [5.74, 6) is 0. The van der Waals surface area contributed by atoms with Crippen LogP contribution in [0, 0.1) is 0 Å². The molecule has 0 spiro atoms. The summed E-state index contributed by atoms with van der Waals surface area (Å²) in [7, 11) is 0. The predicted octanol–water partition coefficient (Wildman–Crippen LogP) is 3.44. The van der Waals surface area contributed by atoms with E-state index in [1.165, 1.54) is 0 Å². The zero-order valence-corrected chi connectivity index (χ0v) is 13.1. The quantitative estimate of drug-likeness (QED) is 0.376. The fourth-order valence-electron chi connectivity index (χ4n) is 1.31. The van der Waals surface area contributed by atoms with Crippen LogP contribution in [0.4, 0.5) is 0 Å². The van der Waals surface area contributed by atoms with Gasteiger partial charge >= 0.3 is 0 Å². The Hall–Kier alpha value is -0.940. The first kappa shape index (κ1) is 15.1. The first-order chi connectivity index (χ1) is 8.63. The van der Waals surface area contributed by atoms with Gasteiger partial charge in [0.25, 0.3) is 0 Å². The van der Waals surface area contributed by atoms with Gasteiger partial charge in [-0.3, -0.25) is 5.43 Å². The van der Waals surface area contributed by atoms with Crippen LogP contribution in [0.25, 0.3) is 0 Å². The van der Waals surface area contributed by atoms with Gasteiger partial charge in [-0.15, -0.1) is 0 Å². The third-order valence-electron chi connectivity index (χ3n) is 2.40. The van der Waals surface area contributed by atoms with Crippen molar-refractivity contribution in [2.24, 2.45) is 5.10 Å². The van der Waals surface area contributed by atoms with E-state index in [0.717, 1.165) is 35.1 Å². The third-order valence-corrected chi connectivity index (χ3v) is 3.17. The highest BCUT2D eigenvalue weighted by molar-refractivity contribution is 9.10. The van der Waals surface area contributed by atoms with Gasteiger partial charge in [-0.1, -0.05) is 41.4 Å². The molecule has 0 unspecified atom stereocenters. The highest BCUT2D eigenvalue weighted by Gasteiger charge is 1.98. The maximum Gasteiger partial charge on any atom is 0.186 e.